The second-order valence-corrected chi connectivity index (χ2v) is 7.49. The van der Waals surface area contributed by atoms with Crippen LogP contribution >= 0.6 is 0 Å². The zero-order valence-corrected chi connectivity index (χ0v) is 20.1. The third kappa shape index (κ3) is 7.64. The number of aromatic nitrogens is 2. The number of nitrogens with two attached hydrogens (primary N) is 1. The molecule has 3 rings (SSSR count). The Kier molecular flexibility index (Phi) is 9.42. The molecule has 33 heavy (non-hydrogen) atoms. The van der Waals surface area contributed by atoms with Gasteiger partial charge in [-0.05, 0) is 37.1 Å². The maximum Gasteiger partial charge on any atom is 0.318 e. The van der Waals surface area contributed by atoms with Crippen LogP contribution < -0.4 is 15.2 Å². The molecule has 3 aromatic rings. The van der Waals surface area contributed by atoms with Crippen LogP contribution in [-0.2, 0) is 6.42 Å². The van der Waals surface area contributed by atoms with Crippen LogP contribution in [0.2, 0.25) is 0 Å². The third-order valence-corrected chi connectivity index (χ3v) is 4.96. The largest absolute Gasteiger partial charge is 0.497 e. The van der Waals surface area contributed by atoms with E-state index in [-0.39, 0.29) is 11.8 Å². The lowest BCUT2D eigenvalue weighted by Crippen LogP contribution is -2.10. The van der Waals surface area contributed by atoms with E-state index >= 15 is 0 Å². The summed E-state index contributed by atoms with van der Waals surface area (Å²) in [5.41, 5.74) is 9.96. The van der Waals surface area contributed by atoms with Crippen LogP contribution in [-0.4, -0.2) is 49.0 Å². The Labute approximate surface area is 195 Å². The van der Waals surface area contributed by atoms with Gasteiger partial charge in [0.1, 0.15) is 11.6 Å². The second-order valence-electron chi connectivity index (χ2n) is 7.49. The van der Waals surface area contributed by atoms with E-state index in [9.17, 15) is 4.79 Å². The molecule has 2 aromatic carbocycles. The molecule has 0 atom stereocenters. The molecule has 0 spiro atoms. The molecule has 1 aromatic heterocycles. The summed E-state index contributed by atoms with van der Waals surface area (Å²) in [6.07, 6.45) is 2.69. The summed E-state index contributed by atoms with van der Waals surface area (Å²) < 4.78 is 10.0. The summed E-state index contributed by atoms with van der Waals surface area (Å²) in [5.74, 6) is 1.18. The smallest absolute Gasteiger partial charge is 0.318 e. The minimum atomic E-state index is -0.0629. The summed E-state index contributed by atoms with van der Waals surface area (Å²) >= 11 is 0. The van der Waals surface area contributed by atoms with E-state index in [1.54, 1.807) is 31.4 Å². The van der Waals surface area contributed by atoms with Crippen molar-refractivity contribution in [2.45, 2.75) is 20.3 Å². The Morgan fingerprint density at radius 2 is 1.73 bits per heavy atom. The number of allylic oxidation sites excluding steroid dienone is 2. The number of hydrogen-bond acceptors (Lipinski definition) is 7. The van der Waals surface area contributed by atoms with Gasteiger partial charge in [-0.1, -0.05) is 37.3 Å². The molecule has 0 saturated heterocycles. The quantitative estimate of drug-likeness (QED) is 0.416. The van der Waals surface area contributed by atoms with Gasteiger partial charge in [-0.2, -0.15) is 9.97 Å². The minimum absolute atomic E-state index is 0.0629. The lowest BCUT2D eigenvalue weighted by atomic mass is 10.0. The van der Waals surface area contributed by atoms with Crippen LogP contribution in [0.25, 0.3) is 11.3 Å². The van der Waals surface area contributed by atoms with Gasteiger partial charge in [0, 0.05) is 43.1 Å². The number of ketones is 1. The number of benzene rings is 2. The van der Waals surface area contributed by atoms with E-state index in [1.165, 1.54) is 12.7 Å². The summed E-state index contributed by atoms with van der Waals surface area (Å²) in [7, 11) is 6.95. The van der Waals surface area contributed by atoms with Crippen molar-refractivity contribution in [2.75, 3.05) is 34.0 Å². The summed E-state index contributed by atoms with van der Waals surface area (Å²) in [6, 6.07) is 17.2. The first-order chi connectivity index (χ1) is 15.8. The third-order valence-electron chi connectivity index (χ3n) is 4.96. The molecule has 0 radical (unpaired) electrons. The van der Waals surface area contributed by atoms with Gasteiger partial charge >= 0.3 is 6.01 Å². The zero-order chi connectivity index (χ0) is 24.4. The molecule has 7 heteroatoms. The highest BCUT2D eigenvalue weighted by atomic mass is 16.5. The summed E-state index contributed by atoms with van der Waals surface area (Å²) in [4.78, 5) is 22.5. The number of hydrogen-bond donors (Lipinski definition) is 1. The second kappa shape index (κ2) is 12.2. The highest BCUT2D eigenvalue weighted by molar-refractivity contribution is 6.05. The van der Waals surface area contributed by atoms with Gasteiger partial charge in [0.2, 0.25) is 0 Å². The number of nitrogens with zero attached hydrogens (tertiary/aromatic N) is 3. The van der Waals surface area contributed by atoms with Crippen molar-refractivity contribution in [3.63, 3.8) is 0 Å². The van der Waals surface area contributed by atoms with E-state index in [1.807, 2.05) is 50.2 Å². The molecule has 2 N–H and O–H groups in total. The lowest BCUT2D eigenvalue weighted by Gasteiger charge is -2.12. The predicted molar refractivity (Wildman–Crippen MR) is 133 cm³/mol. The molecule has 0 unspecified atom stereocenters. The van der Waals surface area contributed by atoms with Crippen molar-refractivity contribution in [3.05, 3.63) is 77.5 Å². The van der Waals surface area contributed by atoms with Gasteiger partial charge in [0.05, 0.1) is 19.9 Å². The average molecular weight is 449 g/mol. The maximum absolute atomic E-state index is 12.3. The minimum Gasteiger partial charge on any atom is -0.497 e. The van der Waals surface area contributed by atoms with Crippen molar-refractivity contribution in [1.82, 2.24) is 14.9 Å². The summed E-state index contributed by atoms with van der Waals surface area (Å²) in [6.45, 7) is 4.03. The van der Waals surface area contributed by atoms with Crippen LogP contribution in [0, 0.1) is 0 Å². The van der Waals surface area contributed by atoms with Crippen molar-refractivity contribution < 1.29 is 14.3 Å². The van der Waals surface area contributed by atoms with E-state index in [2.05, 4.69) is 29.0 Å². The van der Waals surface area contributed by atoms with Gasteiger partial charge in [0.25, 0.3) is 0 Å². The Morgan fingerprint density at radius 3 is 2.30 bits per heavy atom. The first-order valence-corrected chi connectivity index (χ1v) is 10.6. The topological polar surface area (TPSA) is 90.6 Å². The van der Waals surface area contributed by atoms with E-state index < -0.39 is 0 Å². The van der Waals surface area contributed by atoms with E-state index in [4.69, 9.17) is 15.2 Å². The molecular formula is C26H32N4O3. The SMILES string of the molecule is CCc1ccc(OC)cc1.COc1nc(N)cc(-c2cccc(C(=O)/C=C(\C)N(C)C)c2)n1. The number of rotatable bonds is 7. The molecule has 174 valence electrons. The molecule has 7 nitrogen and oxygen atoms in total. The molecule has 0 fully saturated rings. The molecular weight excluding hydrogens is 416 g/mol. The fourth-order valence-corrected chi connectivity index (χ4v) is 2.78. The number of methoxy groups -OCH3 is 2. The molecule has 0 bridgehead atoms. The van der Waals surface area contributed by atoms with Crippen molar-refractivity contribution in [2.24, 2.45) is 0 Å². The van der Waals surface area contributed by atoms with E-state index in [0.717, 1.165) is 23.4 Å². The molecule has 1 heterocycles. The average Bonchev–Trinajstić information content (AvgIpc) is 2.84. The maximum atomic E-state index is 12.3. The van der Waals surface area contributed by atoms with Gasteiger partial charge in [-0.25, -0.2) is 0 Å². The van der Waals surface area contributed by atoms with Crippen LogP contribution in [0.5, 0.6) is 11.8 Å². The van der Waals surface area contributed by atoms with Crippen molar-refractivity contribution >= 4 is 11.6 Å². The molecule has 0 saturated carbocycles. The van der Waals surface area contributed by atoms with Gasteiger partial charge in [-0.3, -0.25) is 4.79 Å². The Hall–Kier alpha value is -3.87. The van der Waals surface area contributed by atoms with Gasteiger partial charge in [-0.15, -0.1) is 0 Å². The molecule has 0 aliphatic rings. The highest BCUT2D eigenvalue weighted by Gasteiger charge is 2.09. The Morgan fingerprint density at radius 1 is 1.03 bits per heavy atom. The normalized spacial score (nSPS) is 10.7. The Bertz CT molecular complexity index is 1070. The molecule has 0 aliphatic carbocycles. The zero-order valence-electron chi connectivity index (χ0n) is 20.1. The molecule has 0 aliphatic heterocycles. The number of aryl methyl sites for hydroxylation is 1. The van der Waals surface area contributed by atoms with Crippen LogP contribution in [0.3, 0.4) is 0 Å². The van der Waals surface area contributed by atoms with Crippen molar-refractivity contribution in [1.29, 1.82) is 0 Å². The lowest BCUT2D eigenvalue weighted by molar-refractivity contribution is 0.104. The number of carbonyl (C=O) groups is 1. The predicted octanol–water partition coefficient (Wildman–Crippen LogP) is 4.64. The first-order valence-electron chi connectivity index (χ1n) is 10.6. The standard InChI is InChI=1S/C17H20N4O2.C9H12O/c1-11(21(2)3)8-15(22)13-7-5-6-12(9-13)14-10-16(18)20-17(19-14)23-4;1-3-8-4-6-9(10-2)7-5-8/h5-10H,1-4H3,(H2,18,19,20);4-7H,3H2,1-2H3/b11-8+;. The van der Waals surface area contributed by atoms with Crippen molar-refractivity contribution in [3.8, 4) is 23.0 Å². The molecule has 0 amide bonds. The number of carbonyl (C=O) groups excluding carboxylic acids is 1. The van der Waals surface area contributed by atoms with Crippen LogP contribution in [0.15, 0.2) is 66.4 Å². The highest BCUT2D eigenvalue weighted by Crippen LogP contribution is 2.22. The van der Waals surface area contributed by atoms with Gasteiger partial charge in [0.15, 0.2) is 5.78 Å². The number of nitrogen functional groups attached to an aromatic ring is 1. The number of anilines is 1. The fraction of sp³-hybridized carbons (Fsp3) is 0.269. The number of ether oxygens (including phenoxy) is 2. The van der Waals surface area contributed by atoms with Crippen LogP contribution in [0.1, 0.15) is 29.8 Å². The fourth-order valence-electron chi connectivity index (χ4n) is 2.78. The monoisotopic (exact) mass is 448 g/mol. The van der Waals surface area contributed by atoms with Crippen LogP contribution in [0.4, 0.5) is 5.82 Å². The van der Waals surface area contributed by atoms with Gasteiger partial charge < -0.3 is 20.1 Å². The first kappa shape index (κ1) is 25.4. The van der Waals surface area contributed by atoms with E-state index in [0.29, 0.717) is 17.1 Å². The summed E-state index contributed by atoms with van der Waals surface area (Å²) in [5, 5.41) is 0. The Balaban J connectivity index is 0.000000321.